The van der Waals surface area contributed by atoms with Crippen LogP contribution in [-0.2, 0) is 9.09 Å². The molecule has 3 nitrogen and oxygen atoms in total. The Morgan fingerprint density at radius 3 is 2.38 bits per heavy atom. The summed E-state index contributed by atoms with van der Waals surface area (Å²) in [6.45, 7) is 4.02. The van der Waals surface area contributed by atoms with Crippen LogP contribution in [0.25, 0.3) is 0 Å². The quantitative estimate of drug-likeness (QED) is 0.650. The zero-order chi connectivity index (χ0) is 10.5. The van der Waals surface area contributed by atoms with E-state index in [0.29, 0.717) is 0 Å². The maximum Gasteiger partial charge on any atom is 0.254 e. The molecule has 0 aromatic rings. The van der Waals surface area contributed by atoms with Crippen LogP contribution < -0.4 is 0 Å². The first-order valence-electron chi connectivity index (χ1n) is 4.38. The van der Waals surface area contributed by atoms with Crippen LogP contribution in [0.3, 0.4) is 0 Å². The van der Waals surface area contributed by atoms with Gasteiger partial charge in [-0.2, -0.15) is 0 Å². The summed E-state index contributed by atoms with van der Waals surface area (Å²) in [6.07, 6.45) is 0.0442. The molecule has 0 fully saturated rings. The van der Waals surface area contributed by atoms with Crippen molar-refractivity contribution in [1.29, 1.82) is 0 Å². The Morgan fingerprint density at radius 1 is 1.46 bits per heavy atom. The smallest absolute Gasteiger partial charge is 0.254 e. The summed E-state index contributed by atoms with van der Waals surface area (Å²) < 4.78 is 17.0. The Hall–Kier alpha value is 0.500. The van der Waals surface area contributed by atoms with Gasteiger partial charge in [0.15, 0.2) is 0 Å². The first-order chi connectivity index (χ1) is 5.83. The SMILES string of the molecule is CC(C)O[P@](C)(=O)SCCN(C)C. The van der Waals surface area contributed by atoms with E-state index < -0.39 is 6.57 Å². The molecule has 0 saturated carbocycles. The van der Waals surface area contributed by atoms with Crippen LogP contribution in [0, 0.1) is 0 Å². The molecule has 0 saturated heterocycles. The molecule has 0 aliphatic rings. The van der Waals surface area contributed by atoms with Crippen LogP contribution in [0.1, 0.15) is 13.8 Å². The number of nitrogens with zero attached hydrogens (tertiary/aromatic N) is 1. The normalized spacial score (nSPS) is 16.5. The Bertz CT molecular complexity index is 185. The Kier molecular flexibility index (Phi) is 6.31. The van der Waals surface area contributed by atoms with Gasteiger partial charge in [-0.05, 0) is 27.9 Å². The zero-order valence-electron chi connectivity index (χ0n) is 9.11. The third-order valence-corrected chi connectivity index (χ3v) is 5.12. The van der Waals surface area contributed by atoms with Crippen molar-refractivity contribution in [2.45, 2.75) is 20.0 Å². The standard InChI is InChI=1S/C8H20NO2PS/c1-8(2)11-12(5,10)13-7-6-9(3)4/h8H,6-7H2,1-5H3/t12-/m0/s1. The highest BCUT2D eigenvalue weighted by Gasteiger charge is 2.17. The Labute approximate surface area is 85.4 Å². The molecule has 0 rings (SSSR count). The molecule has 0 aromatic carbocycles. The molecule has 0 unspecified atom stereocenters. The maximum absolute atomic E-state index is 11.7. The van der Waals surface area contributed by atoms with E-state index in [9.17, 15) is 4.57 Å². The summed E-state index contributed by atoms with van der Waals surface area (Å²) in [5.41, 5.74) is 0. The molecule has 0 amide bonds. The number of hydrogen-bond donors (Lipinski definition) is 0. The summed E-state index contributed by atoms with van der Waals surface area (Å²) in [6, 6.07) is 0. The Morgan fingerprint density at radius 2 is 2.00 bits per heavy atom. The van der Waals surface area contributed by atoms with Crippen molar-refractivity contribution in [3.63, 3.8) is 0 Å². The van der Waals surface area contributed by atoms with Gasteiger partial charge in [-0.15, -0.1) is 0 Å². The lowest BCUT2D eigenvalue weighted by molar-refractivity contribution is 0.255. The fourth-order valence-corrected chi connectivity index (χ4v) is 4.35. The van der Waals surface area contributed by atoms with Crippen molar-refractivity contribution < 1.29 is 9.09 Å². The van der Waals surface area contributed by atoms with E-state index >= 15 is 0 Å². The van der Waals surface area contributed by atoms with E-state index in [1.54, 1.807) is 6.66 Å². The maximum atomic E-state index is 11.7. The molecule has 0 aliphatic heterocycles. The Balaban J connectivity index is 3.70. The highest BCUT2D eigenvalue weighted by atomic mass is 32.7. The van der Waals surface area contributed by atoms with Gasteiger partial charge in [0, 0.05) is 19.0 Å². The van der Waals surface area contributed by atoms with Crippen LogP contribution in [0.2, 0.25) is 0 Å². The van der Waals surface area contributed by atoms with Crippen LogP contribution in [0.4, 0.5) is 0 Å². The molecule has 0 aliphatic carbocycles. The topological polar surface area (TPSA) is 29.5 Å². The van der Waals surface area contributed by atoms with Crippen molar-refractivity contribution in [2.75, 3.05) is 33.1 Å². The van der Waals surface area contributed by atoms with Gasteiger partial charge in [0.05, 0.1) is 6.10 Å². The van der Waals surface area contributed by atoms with Gasteiger partial charge < -0.3 is 9.42 Å². The van der Waals surface area contributed by atoms with Crippen molar-refractivity contribution >= 4 is 18.0 Å². The van der Waals surface area contributed by atoms with Gasteiger partial charge in [0.1, 0.15) is 0 Å². The second kappa shape index (κ2) is 6.07. The van der Waals surface area contributed by atoms with E-state index in [2.05, 4.69) is 4.90 Å². The minimum absolute atomic E-state index is 0.0442. The lowest BCUT2D eigenvalue weighted by atomic mass is 10.5. The molecule has 13 heavy (non-hydrogen) atoms. The van der Waals surface area contributed by atoms with E-state index in [-0.39, 0.29) is 6.10 Å². The predicted molar refractivity (Wildman–Crippen MR) is 60.8 cm³/mol. The second-order valence-corrected chi connectivity index (χ2v) is 8.75. The largest absolute Gasteiger partial charge is 0.319 e. The molecular formula is C8H20NO2PS. The van der Waals surface area contributed by atoms with Gasteiger partial charge in [-0.25, -0.2) is 0 Å². The van der Waals surface area contributed by atoms with Crippen LogP contribution >= 0.6 is 18.0 Å². The summed E-state index contributed by atoms with van der Waals surface area (Å²) in [7, 11) is 4.01. The summed E-state index contributed by atoms with van der Waals surface area (Å²) >= 11 is 1.43. The van der Waals surface area contributed by atoms with Gasteiger partial charge in [0.25, 0.3) is 6.57 Å². The van der Waals surface area contributed by atoms with E-state index in [1.807, 2.05) is 27.9 Å². The average molecular weight is 225 g/mol. The third-order valence-electron chi connectivity index (χ3n) is 1.27. The molecule has 80 valence electrons. The van der Waals surface area contributed by atoms with Crippen molar-refractivity contribution in [3.8, 4) is 0 Å². The third kappa shape index (κ3) is 8.82. The lowest BCUT2D eigenvalue weighted by Crippen LogP contribution is -2.14. The minimum Gasteiger partial charge on any atom is -0.319 e. The fraction of sp³-hybridized carbons (Fsp3) is 1.00. The number of rotatable bonds is 6. The monoisotopic (exact) mass is 225 g/mol. The predicted octanol–water partition coefficient (Wildman–Crippen LogP) is 2.53. The molecule has 1 atom stereocenters. The van der Waals surface area contributed by atoms with Crippen molar-refractivity contribution in [2.24, 2.45) is 0 Å². The molecule has 0 spiro atoms. The lowest BCUT2D eigenvalue weighted by Gasteiger charge is -2.16. The van der Waals surface area contributed by atoms with Crippen molar-refractivity contribution in [3.05, 3.63) is 0 Å². The highest BCUT2D eigenvalue weighted by Crippen LogP contribution is 2.56. The van der Waals surface area contributed by atoms with E-state index in [1.165, 1.54) is 11.4 Å². The molecule has 5 heteroatoms. The van der Waals surface area contributed by atoms with Gasteiger partial charge in [-0.1, -0.05) is 11.4 Å². The fourth-order valence-electron chi connectivity index (χ4n) is 0.803. The van der Waals surface area contributed by atoms with E-state index in [4.69, 9.17) is 4.52 Å². The van der Waals surface area contributed by atoms with Crippen LogP contribution in [0.15, 0.2) is 0 Å². The van der Waals surface area contributed by atoms with Gasteiger partial charge >= 0.3 is 0 Å². The first kappa shape index (κ1) is 13.5. The first-order valence-corrected chi connectivity index (χ1v) is 8.05. The number of hydrogen-bond acceptors (Lipinski definition) is 4. The second-order valence-electron chi connectivity index (χ2n) is 3.56. The zero-order valence-corrected chi connectivity index (χ0v) is 10.8. The molecular weight excluding hydrogens is 205 g/mol. The minimum atomic E-state index is -2.41. The van der Waals surface area contributed by atoms with Crippen molar-refractivity contribution in [1.82, 2.24) is 4.90 Å². The van der Waals surface area contributed by atoms with Crippen LogP contribution in [0.5, 0.6) is 0 Å². The molecule has 0 bridgehead atoms. The van der Waals surface area contributed by atoms with Crippen LogP contribution in [-0.4, -0.2) is 44.1 Å². The highest BCUT2D eigenvalue weighted by molar-refractivity contribution is 8.56. The summed E-state index contributed by atoms with van der Waals surface area (Å²) in [4.78, 5) is 2.07. The average Bonchev–Trinajstić information content (AvgIpc) is 1.81. The molecule has 0 N–H and O–H groups in total. The van der Waals surface area contributed by atoms with Gasteiger partial charge in [0.2, 0.25) is 0 Å². The summed E-state index contributed by atoms with van der Waals surface area (Å²) in [5, 5.41) is 0. The van der Waals surface area contributed by atoms with E-state index in [0.717, 1.165) is 12.3 Å². The molecule has 0 aromatic heterocycles. The van der Waals surface area contributed by atoms with Gasteiger partial charge in [-0.3, -0.25) is 4.57 Å². The molecule has 0 radical (unpaired) electrons. The molecule has 0 heterocycles. The summed E-state index contributed by atoms with van der Waals surface area (Å²) in [5.74, 6) is 0.855.